The van der Waals surface area contributed by atoms with Crippen LogP contribution in [0, 0.1) is 0 Å². The van der Waals surface area contributed by atoms with Gasteiger partial charge in [-0.25, -0.2) is 0 Å². The molecule has 7 heteroatoms. The SMILES string of the molecule is CN1CCCC[C@H]1[C@@H](NC(=O)c1cccc(C(F)(F)F)c1Cl)c1ccc(-c2ccccc2)cc1. The number of piperidine rings is 1. The van der Waals surface area contributed by atoms with Gasteiger partial charge < -0.3 is 10.2 Å². The molecule has 1 saturated heterocycles. The van der Waals surface area contributed by atoms with E-state index in [1.165, 1.54) is 12.1 Å². The van der Waals surface area contributed by atoms with Crippen LogP contribution in [0.25, 0.3) is 11.1 Å². The Bertz CT molecular complexity index is 1130. The van der Waals surface area contributed by atoms with Crippen LogP contribution in [0.3, 0.4) is 0 Å². The van der Waals surface area contributed by atoms with E-state index in [-0.39, 0.29) is 11.6 Å². The van der Waals surface area contributed by atoms with Crippen molar-refractivity contribution in [3.63, 3.8) is 0 Å². The van der Waals surface area contributed by atoms with Gasteiger partial charge in [-0.3, -0.25) is 4.79 Å². The molecule has 3 aromatic carbocycles. The second-order valence-electron chi connectivity index (χ2n) is 8.65. The largest absolute Gasteiger partial charge is 0.417 e. The molecule has 1 aliphatic heterocycles. The highest BCUT2D eigenvalue weighted by molar-refractivity contribution is 6.34. The summed E-state index contributed by atoms with van der Waals surface area (Å²) in [5.74, 6) is -0.618. The van der Waals surface area contributed by atoms with Crippen LogP contribution in [0.2, 0.25) is 5.02 Å². The molecular formula is C27H26ClF3N2O. The van der Waals surface area contributed by atoms with Crippen LogP contribution in [-0.2, 0) is 6.18 Å². The van der Waals surface area contributed by atoms with Crippen molar-refractivity contribution in [1.29, 1.82) is 0 Å². The van der Waals surface area contributed by atoms with E-state index in [1.807, 2.05) is 61.6 Å². The summed E-state index contributed by atoms with van der Waals surface area (Å²) in [6, 6.07) is 21.0. The molecule has 0 aliphatic carbocycles. The molecule has 1 N–H and O–H groups in total. The number of amides is 1. The number of alkyl halides is 3. The molecule has 3 aromatic rings. The fourth-order valence-corrected chi connectivity index (χ4v) is 4.90. The summed E-state index contributed by atoms with van der Waals surface area (Å²) >= 11 is 6.03. The monoisotopic (exact) mass is 486 g/mol. The van der Waals surface area contributed by atoms with Crippen molar-refractivity contribution in [3.8, 4) is 11.1 Å². The second-order valence-corrected chi connectivity index (χ2v) is 9.03. The number of hydrogen-bond donors (Lipinski definition) is 1. The number of likely N-dealkylation sites (N-methyl/N-ethyl adjacent to an activating group) is 1. The van der Waals surface area contributed by atoms with Crippen LogP contribution >= 0.6 is 11.6 Å². The highest BCUT2D eigenvalue weighted by Gasteiger charge is 2.36. The third-order valence-electron chi connectivity index (χ3n) is 6.42. The van der Waals surface area contributed by atoms with Crippen LogP contribution in [0.5, 0.6) is 0 Å². The van der Waals surface area contributed by atoms with E-state index in [9.17, 15) is 18.0 Å². The first-order valence-electron chi connectivity index (χ1n) is 11.3. The molecule has 0 unspecified atom stereocenters. The first kappa shape index (κ1) is 24.3. The Morgan fingerprint density at radius 3 is 2.29 bits per heavy atom. The van der Waals surface area contributed by atoms with Gasteiger partial charge in [0, 0.05) is 6.04 Å². The second kappa shape index (κ2) is 10.2. The first-order valence-corrected chi connectivity index (χ1v) is 11.7. The molecule has 0 radical (unpaired) electrons. The number of carbonyl (C=O) groups excluding carboxylic acids is 1. The molecule has 1 amide bonds. The van der Waals surface area contributed by atoms with Crippen molar-refractivity contribution < 1.29 is 18.0 Å². The zero-order valence-electron chi connectivity index (χ0n) is 18.8. The van der Waals surface area contributed by atoms with Crippen molar-refractivity contribution in [3.05, 3.63) is 94.5 Å². The van der Waals surface area contributed by atoms with Crippen molar-refractivity contribution in [2.24, 2.45) is 0 Å². The minimum Gasteiger partial charge on any atom is -0.344 e. The minimum absolute atomic E-state index is 0.0184. The summed E-state index contributed by atoms with van der Waals surface area (Å²) in [4.78, 5) is 15.4. The van der Waals surface area contributed by atoms with Gasteiger partial charge in [0.15, 0.2) is 0 Å². The Labute approximate surface area is 202 Å². The summed E-state index contributed by atoms with van der Waals surface area (Å²) < 4.78 is 39.9. The highest BCUT2D eigenvalue weighted by atomic mass is 35.5. The zero-order valence-corrected chi connectivity index (χ0v) is 19.5. The average Bonchev–Trinajstić information content (AvgIpc) is 2.83. The average molecular weight is 487 g/mol. The van der Waals surface area contributed by atoms with Crippen molar-refractivity contribution in [2.45, 2.75) is 37.5 Å². The van der Waals surface area contributed by atoms with Gasteiger partial charge in [0.25, 0.3) is 5.91 Å². The molecule has 0 aromatic heterocycles. The summed E-state index contributed by atoms with van der Waals surface area (Å²) in [6.07, 6.45) is -1.67. The standard InChI is InChI=1S/C27H26ClF3N2O/c1-33-17-6-5-12-23(33)25(20-15-13-19(14-16-20)18-8-3-2-4-9-18)32-26(34)21-10-7-11-22(24(21)28)27(29,30)31/h2-4,7-11,13-16,23,25H,5-6,12,17H2,1H3,(H,32,34)/t23-,25-/m0/s1. The van der Waals surface area contributed by atoms with E-state index in [4.69, 9.17) is 11.6 Å². The van der Waals surface area contributed by atoms with Crippen LogP contribution in [0.1, 0.15) is 46.8 Å². The first-order chi connectivity index (χ1) is 16.3. The smallest absolute Gasteiger partial charge is 0.344 e. The van der Waals surface area contributed by atoms with E-state index in [0.717, 1.165) is 48.6 Å². The molecule has 1 fully saturated rings. The third-order valence-corrected chi connectivity index (χ3v) is 6.83. The Morgan fingerprint density at radius 1 is 0.971 bits per heavy atom. The molecule has 0 spiro atoms. The predicted molar refractivity (Wildman–Crippen MR) is 129 cm³/mol. The fourth-order valence-electron chi connectivity index (χ4n) is 4.58. The lowest BCUT2D eigenvalue weighted by Gasteiger charge is -2.38. The summed E-state index contributed by atoms with van der Waals surface area (Å²) in [7, 11) is 2.01. The van der Waals surface area contributed by atoms with Crippen molar-refractivity contribution >= 4 is 17.5 Å². The number of benzene rings is 3. The van der Waals surface area contributed by atoms with Crippen LogP contribution in [-0.4, -0.2) is 30.4 Å². The quantitative estimate of drug-likeness (QED) is 0.422. The summed E-state index contributed by atoms with van der Waals surface area (Å²) in [5.41, 5.74) is 1.84. The molecule has 2 atom stereocenters. The number of nitrogens with one attached hydrogen (secondary N) is 1. The summed E-state index contributed by atoms with van der Waals surface area (Å²) in [6.45, 7) is 0.892. The zero-order chi connectivity index (χ0) is 24.3. The Kier molecular flexibility index (Phi) is 7.29. The molecule has 0 saturated carbocycles. The third kappa shape index (κ3) is 5.29. The molecule has 1 heterocycles. The lowest BCUT2D eigenvalue weighted by molar-refractivity contribution is -0.137. The van der Waals surface area contributed by atoms with E-state index in [2.05, 4.69) is 10.2 Å². The predicted octanol–water partition coefficient (Wildman–Crippen LogP) is 6.98. The number of rotatable bonds is 5. The van der Waals surface area contributed by atoms with Crippen LogP contribution in [0.4, 0.5) is 13.2 Å². The number of hydrogen-bond acceptors (Lipinski definition) is 2. The van der Waals surface area contributed by atoms with E-state index >= 15 is 0 Å². The molecule has 3 nitrogen and oxygen atoms in total. The van der Waals surface area contributed by atoms with E-state index in [1.54, 1.807) is 0 Å². The maximum absolute atomic E-state index is 13.3. The molecule has 0 bridgehead atoms. The highest BCUT2D eigenvalue weighted by Crippen LogP contribution is 2.37. The van der Waals surface area contributed by atoms with E-state index in [0.29, 0.717) is 0 Å². The van der Waals surface area contributed by atoms with Gasteiger partial charge in [0.2, 0.25) is 0 Å². The number of nitrogens with zero attached hydrogens (tertiary/aromatic N) is 1. The number of likely N-dealkylation sites (tertiary alicyclic amines) is 1. The Balaban J connectivity index is 1.66. The van der Waals surface area contributed by atoms with Crippen molar-refractivity contribution in [2.75, 3.05) is 13.6 Å². The lowest BCUT2D eigenvalue weighted by Crippen LogP contribution is -2.47. The number of halogens is 4. The van der Waals surface area contributed by atoms with Crippen molar-refractivity contribution in [1.82, 2.24) is 10.2 Å². The maximum atomic E-state index is 13.3. The minimum atomic E-state index is -4.64. The van der Waals surface area contributed by atoms with Gasteiger partial charge in [0.1, 0.15) is 0 Å². The van der Waals surface area contributed by atoms with Gasteiger partial charge in [0.05, 0.1) is 22.2 Å². The summed E-state index contributed by atoms with van der Waals surface area (Å²) in [5, 5.41) is 2.42. The van der Waals surface area contributed by atoms with Gasteiger partial charge in [-0.15, -0.1) is 0 Å². The van der Waals surface area contributed by atoms with Gasteiger partial charge in [-0.05, 0) is 55.3 Å². The molecule has 1 aliphatic rings. The lowest BCUT2D eigenvalue weighted by atomic mass is 9.90. The molecule has 4 rings (SSSR count). The van der Waals surface area contributed by atoms with Crippen LogP contribution < -0.4 is 5.32 Å². The Hall–Kier alpha value is -2.83. The number of carbonyl (C=O) groups is 1. The van der Waals surface area contributed by atoms with Crippen LogP contribution in [0.15, 0.2) is 72.8 Å². The topological polar surface area (TPSA) is 32.3 Å². The fraction of sp³-hybridized carbons (Fsp3) is 0.296. The van der Waals surface area contributed by atoms with E-state index < -0.39 is 28.7 Å². The normalized spacial score (nSPS) is 17.9. The molecule has 178 valence electrons. The maximum Gasteiger partial charge on any atom is 0.417 e. The van der Waals surface area contributed by atoms with Gasteiger partial charge in [-0.2, -0.15) is 13.2 Å². The molecule has 34 heavy (non-hydrogen) atoms. The van der Waals surface area contributed by atoms with Gasteiger partial charge in [-0.1, -0.05) is 78.7 Å². The van der Waals surface area contributed by atoms with Gasteiger partial charge >= 0.3 is 6.18 Å². The molecular weight excluding hydrogens is 461 g/mol. The Morgan fingerprint density at radius 2 is 1.65 bits per heavy atom.